The molecule has 0 unspecified atom stereocenters. The van der Waals surface area contributed by atoms with Crippen LogP contribution in [0.25, 0.3) is 5.69 Å². The number of hydrogen-bond donors (Lipinski definition) is 2. The molecule has 0 saturated carbocycles. The van der Waals surface area contributed by atoms with Gasteiger partial charge in [0.15, 0.2) is 0 Å². The van der Waals surface area contributed by atoms with Crippen molar-refractivity contribution in [3.05, 3.63) is 64.9 Å². The van der Waals surface area contributed by atoms with Gasteiger partial charge in [-0.2, -0.15) is 0 Å². The highest BCUT2D eigenvalue weighted by Crippen LogP contribution is 2.13. The van der Waals surface area contributed by atoms with Gasteiger partial charge in [0.05, 0.1) is 11.3 Å². The van der Waals surface area contributed by atoms with E-state index in [-0.39, 0.29) is 11.6 Å². The molecule has 8 nitrogen and oxygen atoms in total. The van der Waals surface area contributed by atoms with Crippen LogP contribution in [-0.2, 0) is 0 Å². The summed E-state index contributed by atoms with van der Waals surface area (Å²) in [6.07, 6.45) is 0. The Kier molecular flexibility index (Phi) is 4.53. The Hall–Kier alpha value is -3.49. The molecule has 0 aliphatic heterocycles. The van der Waals surface area contributed by atoms with Crippen LogP contribution in [0.5, 0.6) is 0 Å². The number of aryl methyl sites for hydroxylation is 3. The second-order valence-corrected chi connectivity index (χ2v) is 5.61. The number of carbonyl (C=O) groups excluding carboxylic acids is 2. The first kappa shape index (κ1) is 17.3. The molecule has 0 radical (unpaired) electrons. The molecule has 0 fully saturated rings. The smallest absolute Gasteiger partial charge is 0.309 e. The van der Waals surface area contributed by atoms with E-state index in [1.165, 1.54) is 28.9 Å². The van der Waals surface area contributed by atoms with Crippen LogP contribution < -0.4 is 10.9 Å². The first-order chi connectivity index (χ1) is 12.3. The van der Waals surface area contributed by atoms with E-state index < -0.39 is 11.8 Å². The Morgan fingerprint density at radius 2 is 1.73 bits per heavy atom. The summed E-state index contributed by atoms with van der Waals surface area (Å²) in [6.45, 7) is 5.03. The molecule has 1 aromatic carbocycles. The summed E-state index contributed by atoms with van der Waals surface area (Å²) in [6, 6.07) is 7.18. The Morgan fingerprint density at radius 3 is 2.35 bits per heavy atom. The standard InChI is InChI=1S/C17H16FN5O3/c1-9-8-14(10(2)26-9)16(24)20-21-17(25)15-19-11(3)23(22-15)13-6-4-12(18)5-7-13/h4-8H,1-3H3,(H,20,24)(H,21,25). The zero-order chi connectivity index (χ0) is 18.8. The number of hydrazine groups is 1. The van der Waals surface area contributed by atoms with Crippen LogP contribution in [0, 0.1) is 26.6 Å². The average molecular weight is 357 g/mol. The Morgan fingerprint density at radius 1 is 1.08 bits per heavy atom. The third kappa shape index (κ3) is 3.46. The minimum Gasteiger partial charge on any atom is -0.466 e. The topological polar surface area (TPSA) is 102 Å². The number of nitrogens with one attached hydrogen (secondary N) is 2. The predicted octanol–water partition coefficient (Wildman–Crippen LogP) is 2.00. The van der Waals surface area contributed by atoms with Gasteiger partial charge < -0.3 is 4.42 Å². The van der Waals surface area contributed by atoms with Gasteiger partial charge in [0.2, 0.25) is 5.82 Å². The summed E-state index contributed by atoms with van der Waals surface area (Å²) < 4.78 is 19.7. The third-order valence-electron chi connectivity index (χ3n) is 3.62. The van der Waals surface area contributed by atoms with Crippen molar-refractivity contribution in [1.82, 2.24) is 25.6 Å². The van der Waals surface area contributed by atoms with Gasteiger partial charge >= 0.3 is 5.91 Å². The normalized spacial score (nSPS) is 10.6. The number of hydrogen-bond acceptors (Lipinski definition) is 5. The SMILES string of the molecule is Cc1cc(C(=O)NNC(=O)c2nc(C)n(-c3ccc(F)cc3)n2)c(C)o1. The maximum absolute atomic E-state index is 13.0. The maximum Gasteiger partial charge on any atom is 0.309 e. The lowest BCUT2D eigenvalue weighted by atomic mass is 10.2. The van der Waals surface area contributed by atoms with Crippen LogP contribution >= 0.6 is 0 Å². The van der Waals surface area contributed by atoms with E-state index in [2.05, 4.69) is 20.9 Å². The highest BCUT2D eigenvalue weighted by molar-refractivity contribution is 5.98. The quantitative estimate of drug-likeness (QED) is 0.698. The fourth-order valence-electron chi connectivity index (χ4n) is 2.41. The van der Waals surface area contributed by atoms with Crippen molar-refractivity contribution >= 4 is 11.8 Å². The second-order valence-electron chi connectivity index (χ2n) is 5.61. The van der Waals surface area contributed by atoms with Gasteiger partial charge in [-0.3, -0.25) is 20.4 Å². The predicted molar refractivity (Wildman–Crippen MR) is 89.2 cm³/mol. The van der Waals surface area contributed by atoms with E-state index in [0.717, 1.165) is 0 Å². The van der Waals surface area contributed by atoms with Crippen LogP contribution in [0.1, 0.15) is 38.3 Å². The van der Waals surface area contributed by atoms with Gasteiger partial charge in [0, 0.05) is 0 Å². The molecule has 2 N–H and O–H groups in total. The molecule has 3 aromatic rings. The molecule has 0 saturated heterocycles. The maximum atomic E-state index is 13.0. The average Bonchev–Trinajstić information content (AvgIpc) is 3.15. The number of halogens is 1. The molecule has 0 atom stereocenters. The Balaban J connectivity index is 1.70. The van der Waals surface area contributed by atoms with Crippen LogP contribution in [0.2, 0.25) is 0 Å². The summed E-state index contributed by atoms with van der Waals surface area (Å²) in [7, 11) is 0. The fraction of sp³-hybridized carbons (Fsp3) is 0.176. The number of furan rings is 1. The monoisotopic (exact) mass is 357 g/mol. The number of amides is 2. The Bertz CT molecular complexity index is 975. The van der Waals surface area contributed by atoms with Crippen molar-refractivity contribution in [1.29, 1.82) is 0 Å². The molecule has 0 spiro atoms. The lowest BCUT2D eigenvalue weighted by molar-refractivity contribution is 0.0840. The van der Waals surface area contributed by atoms with Crippen molar-refractivity contribution in [3.63, 3.8) is 0 Å². The molecule has 0 aliphatic carbocycles. The minimum absolute atomic E-state index is 0.132. The second kappa shape index (κ2) is 6.79. The highest BCUT2D eigenvalue weighted by Gasteiger charge is 2.18. The molecule has 2 heterocycles. The molecular formula is C17H16FN5O3. The van der Waals surface area contributed by atoms with Crippen molar-refractivity contribution < 1.29 is 18.4 Å². The molecule has 26 heavy (non-hydrogen) atoms. The zero-order valence-electron chi connectivity index (χ0n) is 14.3. The third-order valence-corrected chi connectivity index (χ3v) is 3.62. The fourth-order valence-corrected chi connectivity index (χ4v) is 2.41. The first-order valence-electron chi connectivity index (χ1n) is 7.72. The van der Waals surface area contributed by atoms with Crippen molar-refractivity contribution in [2.45, 2.75) is 20.8 Å². The van der Waals surface area contributed by atoms with Crippen LogP contribution in [0.15, 0.2) is 34.7 Å². The van der Waals surface area contributed by atoms with Gasteiger partial charge in [-0.1, -0.05) is 0 Å². The Labute approximate surface area is 148 Å². The number of carbonyl (C=O) groups is 2. The number of benzene rings is 1. The summed E-state index contributed by atoms with van der Waals surface area (Å²) in [4.78, 5) is 28.3. The van der Waals surface area contributed by atoms with Gasteiger partial charge in [0.25, 0.3) is 5.91 Å². The summed E-state index contributed by atoms with van der Waals surface area (Å²) in [5.74, 6) is -0.223. The molecule has 3 rings (SSSR count). The number of aromatic nitrogens is 3. The summed E-state index contributed by atoms with van der Waals surface area (Å²) in [5, 5.41) is 4.08. The van der Waals surface area contributed by atoms with Crippen LogP contribution in [0.4, 0.5) is 4.39 Å². The molecule has 9 heteroatoms. The molecule has 0 bridgehead atoms. The lowest BCUT2D eigenvalue weighted by Gasteiger charge is -2.04. The van der Waals surface area contributed by atoms with E-state index >= 15 is 0 Å². The van der Waals surface area contributed by atoms with E-state index in [1.807, 2.05) is 0 Å². The minimum atomic E-state index is -0.680. The van der Waals surface area contributed by atoms with E-state index in [1.54, 1.807) is 26.8 Å². The number of nitrogens with zero attached hydrogens (tertiary/aromatic N) is 3. The number of rotatable bonds is 3. The van der Waals surface area contributed by atoms with E-state index in [0.29, 0.717) is 28.6 Å². The lowest BCUT2D eigenvalue weighted by Crippen LogP contribution is -2.42. The highest BCUT2D eigenvalue weighted by atomic mass is 19.1. The molecule has 2 amide bonds. The first-order valence-corrected chi connectivity index (χ1v) is 7.72. The van der Waals surface area contributed by atoms with Crippen LogP contribution in [-0.4, -0.2) is 26.6 Å². The van der Waals surface area contributed by atoms with Gasteiger partial charge in [-0.05, 0) is 51.1 Å². The van der Waals surface area contributed by atoms with Crippen molar-refractivity contribution in [3.8, 4) is 5.69 Å². The molecule has 2 aromatic heterocycles. The molecule has 134 valence electrons. The van der Waals surface area contributed by atoms with Gasteiger partial charge in [-0.25, -0.2) is 14.1 Å². The van der Waals surface area contributed by atoms with E-state index in [4.69, 9.17) is 4.42 Å². The molecular weight excluding hydrogens is 341 g/mol. The van der Waals surface area contributed by atoms with Crippen molar-refractivity contribution in [2.24, 2.45) is 0 Å². The largest absolute Gasteiger partial charge is 0.466 e. The molecule has 0 aliphatic rings. The van der Waals surface area contributed by atoms with E-state index in [9.17, 15) is 14.0 Å². The summed E-state index contributed by atoms with van der Waals surface area (Å²) in [5.41, 5.74) is 5.43. The van der Waals surface area contributed by atoms with Crippen LogP contribution in [0.3, 0.4) is 0 Å². The summed E-state index contributed by atoms with van der Waals surface area (Å²) >= 11 is 0. The van der Waals surface area contributed by atoms with Gasteiger partial charge in [0.1, 0.15) is 23.2 Å². The zero-order valence-corrected chi connectivity index (χ0v) is 14.3. The van der Waals surface area contributed by atoms with Gasteiger partial charge in [-0.15, -0.1) is 5.10 Å². The van der Waals surface area contributed by atoms with Crippen molar-refractivity contribution in [2.75, 3.05) is 0 Å².